The van der Waals surface area contributed by atoms with Crippen molar-refractivity contribution in [1.29, 1.82) is 0 Å². The van der Waals surface area contributed by atoms with Gasteiger partial charge in [0.2, 0.25) is 0 Å². The molecule has 0 aliphatic carbocycles. The number of carbonyl (C=O) groups is 1. The number of nitro groups is 1. The van der Waals surface area contributed by atoms with Crippen LogP contribution in [0, 0.1) is 17.0 Å². The van der Waals surface area contributed by atoms with Gasteiger partial charge in [0.1, 0.15) is 0 Å². The summed E-state index contributed by atoms with van der Waals surface area (Å²) in [6.07, 6.45) is 0.690. The summed E-state index contributed by atoms with van der Waals surface area (Å²) in [6, 6.07) is 11.5. The van der Waals surface area contributed by atoms with E-state index in [1.54, 1.807) is 50.2 Å². The van der Waals surface area contributed by atoms with Gasteiger partial charge in [0.05, 0.1) is 16.0 Å². The lowest BCUT2D eigenvalue weighted by atomic mass is 10.1. The van der Waals surface area contributed by atoms with Crippen molar-refractivity contribution in [3.05, 3.63) is 79.8 Å². The lowest BCUT2D eigenvalue weighted by Gasteiger charge is -2.09. The molecule has 2 aromatic carbocycles. The zero-order valence-corrected chi connectivity index (χ0v) is 16.9. The molecule has 0 spiro atoms. The van der Waals surface area contributed by atoms with Crippen LogP contribution in [0.3, 0.4) is 0 Å². The zero-order chi connectivity index (χ0) is 21.8. The second-order valence-electron chi connectivity index (χ2n) is 6.82. The summed E-state index contributed by atoms with van der Waals surface area (Å²) in [5.74, 6) is -0.572. The number of fused-ring (bicyclic) bond motifs is 1. The highest BCUT2D eigenvalue weighted by atomic mass is 16.6. The van der Waals surface area contributed by atoms with Crippen LogP contribution in [0.5, 0.6) is 0 Å². The molecule has 0 unspecified atom stereocenters. The van der Waals surface area contributed by atoms with E-state index in [1.165, 1.54) is 10.7 Å². The largest absolute Gasteiger partial charge is 0.292 e. The number of benzene rings is 2. The van der Waals surface area contributed by atoms with E-state index < -0.39 is 10.8 Å². The van der Waals surface area contributed by atoms with Gasteiger partial charge in [0.15, 0.2) is 5.69 Å². The third-order valence-corrected chi connectivity index (χ3v) is 4.67. The quantitative estimate of drug-likeness (QED) is 0.382. The molecule has 0 aliphatic rings. The normalized spacial score (nSPS) is 11.5. The van der Waals surface area contributed by atoms with Gasteiger partial charge in [-0.15, -0.1) is 0 Å². The van der Waals surface area contributed by atoms with E-state index in [0.717, 1.165) is 0 Å². The molecule has 0 aliphatic heterocycles. The van der Waals surface area contributed by atoms with Crippen molar-refractivity contribution in [2.24, 2.45) is 5.10 Å². The molecule has 9 heteroatoms. The summed E-state index contributed by atoms with van der Waals surface area (Å²) in [5, 5.41) is 20.3. The Hall–Kier alpha value is -3.88. The maximum Gasteiger partial charge on any atom is 0.292 e. The third-order valence-electron chi connectivity index (χ3n) is 4.67. The Morgan fingerprint density at radius 2 is 1.93 bits per heavy atom. The number of aryl methyl sites for hydroxylation is 2. The summed E-state index contributed by atoms with van der Waals surface area (Å²) in [6.45, 7) is 5.59. The summed E-state index contributed by atoms with van der Waals surface area (Å²) in [5.41, 5.74) is 3.71. The minimum Gasteiger partial charge on any atom is -0.267 e. The van der Waals surface area contributed by atoms with Gasteiger partial charge in [-0.25, -0.2) is 10.1 Å². The molecule has 0 atom stereocenters. The minimum absolute atomic E-state index is 0.0207. The van der Waals surface area contributed by atoms with Crippen LogP contribution < -0.4 is 11.0 Å². The highest BCUT2D eigenvalue weighted by Gasteiger charge is 2.17. The Labute approximate surface area is 172 Å². The van der Waals surface area contributed by atoms with Crippen molar-refractivity contribution < 1.29 is 9.72 Å². The second kappa shape index (κ2) is 8.64. The fourth-order valence-electron chi connectivity index (χ4n) is 3.05. The predicted molar refractivity (Wildman–Crippen MR) is 114 cm³/mol. The molecular weight excluding hydrogens is 386 g/mol. The number of amides is 1. The predicted octanol–water partition coefficient (Wildman–Crippen LogP) is 3.18. The number of hydrazone groups is 1. The molecule has 3 aromatic rings. The molecule has 9 nitrogen and oxygen atoms in total. The number of rotatable bonds is 6. The summed E-state index contributed by atoms with van der Waals surface area (Å²) >= 11 is 0. The average Bonchev–Trinajstić information content (AvgIpc) is 2.74. The Kier molecular flexibility index (Phi) is 6.01. The van der Waals surface area contributed by atoms with E-state index >= 15 is 0 Å². The van der Waals surface area contributed by atoms with Crippen molar-refractivity contribution in [2.75, 3.05) is 0 Å². The van der Waals surface area contributed by atoms with Gasteiger partial charge in [-0.1, -0.05) is 37.3 Å². The highest BCUT2D eigenvalue weighted by molar-refractivity contribution is 6.06. The van der Waals surface area contributed by atoms with E-state index in [-0.39, 0.29) is 16.9 Å². The van der Waals surface area contributed by atoms with Crippen LogP contribution in [0.2, 0.25) is 0 Å². The molecule has 0 bridgehead atoms. The van der Waals surface area contributed by atoms with E-state index in [9.17, 15) is 19.7 Å². The van der Waals surface area contributed by atoms with E-state index in [0.29, 0.717) is 40.6 Å². The smallest absolute Gasteiger partial charge is 0.267 e. The minimum atomic E-state index is -0.572. The number of nitrogens with zero attached hydrogens (tertiary/aromatic N) is 4. The van der Waals surface area contributed by atoms with Gasteiger partial charge >= 0.3 is 0 Å². The average molecular weight is 407 g/mol. The first-order valence-electron chi connectivity index (χ1n) is 9.43. The molecule has 1 aromatic heterocycles. The molecule has 3 rings (SSSR count). The Balaban J connectivity index is 1.95. The van der Waals surface area contributed by atoms with Crippen LogP contribution in [0.1, 0.15) is 41.9 Å². The molecule has 0 fully saturated rings. The molecular formula is C21H21N5O4. The molecule has 0 saturated heterocycles. The van der Waals surface area contributed by atoms with Crippen molar-refractivity contribution in [1.82, 2.24) is 15.2 Å². The molecule has 1 N–H and O–H groups in total. The van der Waals surface area contributed by atoms with Crippen LogP contribution in [0.25, 0.3) is 10.8 Å². The molecule has 154 valence electrons. The molecule has 0 radical (unpaired) electrons. The van der Waals surface area contributed by atoms with E-state index in [2.05, 4.69) is 15.6 Å². The first-order chi connectivity index (χ1) is 14.3. The molecule has 1 heterocycles. The summed E-state index contributed by atoms with van der Waals surface area (Å²) in [4.78, 5) is 36.0. The Morgan fingerprint density at radius 1 is 1.23 bits per heavy atom. The van der Waals surface area contributed by atoms with Crippen molar-refractivity contribution in [3.8, 4) is 0 Å². The topological polar surface area (TPSA) is 119 Å². The first-order valence-corrected chi connectivity index (χ1v) is 9.43. The van der Waals surface area contributed by atoms with Gasteiger partial charge < -0.3 is 0 Å². The maximum absolute atomic E-state index is 12.8. The number of nitro benzene ring substituents is 1. The Bertz CT molecular complexity index is 1230. The van der Waals surface area contributed by atoms with Gasteiger partial charge in [0, 0.05) is 29.1 Å². The van der Waals surface area contributed by atoms with Crippen molar-refractivity contribution in [2.45, 2.75) is 33.7 Å². The van der Waals surface area contributed by atoms with Gasteiger partial charge in [-0.05, 0) is 26.3 Å². The van der Waals surface area contributed by atoms with Crippen LogP contribution in [0.4, 0.5) is 5.69 Å². The standard InChI is InChI=1S/C21H21N5O4/c1-4-11-25-21(28)17-8-6-5-7-16(17)19(24-25)20(27)23-22-14(3)15-10-9-13(2)18(12-15)26(29)30/h5-10,12H,4,11H2,1-3H3,(H,23,27)/b22-14-. The number of aromatic nitrogens is 2. The van der Waals surface area contributed by atoms with Crippen LogP contribution in [0.15, 0.2) is 52.4 Å². The van der Waals surface area contributed by atoms with Crippen molar-refractivity contribution >= 4 is 28.1 Å². The highest BCUT2D eigenvalue weighted by Crippen LogP contribution is 2.19. The number of carbonyl (C=O) groups excluding carboxylic acids is 1. The summed E-state index contributed by atoms with van der Waals surface area (Å²) in [7, 11) is 0. The van der Waals surface area contributed by atoms with Crippen molar-refractivity contribution in [3.63, 3.8) is 0 Å². The van der Waals surface area contributed by atoms with Gasteiger partial charge in [-0.2, -0.15) is 10.2 Å². The fourth-order valence-corrected chi connectivity index (χ4v) is 3.05. The summed E-state index contributed by atoms with van der Waals surface area (Å²) < 4.78 is 1.27. The fraction of sp³-hybridized carbons (Fsp3) is 0.238. The molecule has 0 saturated carbocycles. The van der Waals surface area contributed by atoms with Crippen LogP contribution in [-0.4, -0.2) is 26.3 Å². The third kappa shape index (κ3) is 4.09. The zero-order valence-electron chi connectivity index (χ0n) is 16.9. The van der Waals surface area contributed by atoms with E-state index in [4.69, 9.17) is 0 Å². The van der Waals surface area contributed by atoms with Gasteiger partial charge in [0.25, 0.3) is 17.2 Å². The van der Waals surface area contributed by atoms with Crippen LogP contribution in [-0.2, 0) is 6.54 Å². The number of nitrogens with one attached hydrogen (secondary N) is 1. The molecule has 30 heavy (non-hydrogen) atoms. The SMILES string of the molecule is CCCn1nc(C(=O)N/N=C(/C)c2ccc(C)c([N+](=O)[O-])c2)c2ccccc2c1=O. The molecule has 1 amide bonds. The van der Waals surface area contributed by atoms with Crippen LogP contribution >= 0.6 is 0 Å². The lowest BCUT2D eigenvalue weighted by Crippen LogP contribution is -2.29. The second-order valence-corrected chi connectivity index (χ2v) is 6.82. The number of hydrogen-bond donors (Lipinski definition) is 1. The monoisotopic (exact) mass is 407 g/mol. The van der Waals surface area contributed by atoms with E-state index in [1.807, 2.05) is 6.92 Å². The Morgan fingerprint density at radius 3 is 2.60 bits per heavy atom. The lowest BCUT2D eigenvalue weighted by molar-refractivity contribution is -0.385. The van der Waals surface area contributed by atoms with Gasteiger partial charge in [-0.3, -0.25) is 19.7 Å². The number of hydrogen-bond acceptors (Lipinski definition) is 6. The first kappa shape index (κ1) is 20.8. The maximum atomic E-state index is 12.8.